The topological polar surface area (TPSA) is 122 Å². The predicted molar refractivity (Wildman–Crippen MR) is 116 cm³/mol. The van der Waals surface area contributed by atoms with Crippen LogP contribution in [-0.4, -0.2) is 43.0 Å². The summed E-state index contributed by atoms with van der Waals surface area (Å²) in [5.74, 6) is 0.600. The molecule has 2 atom stereocenters. The fourth-order valence-corrected chi connectivity index (χ4v) is 5.07. The molecule has 8 heteroatoms. The van der Waals surface area contributed by atoms with Gasteiger partial charge in [-0.3, -0.25) is 9.89 Å². The van der Waals surface area contributed by atoms with Crippen LogP contribution in [0.4, 0.5) is 11.5 Å². The quantitative estimate of drug-likeness (QED) is 0.528. The summed E-state index contributed by atoms with van der Waals surface area (Å²) in [5.41, 5.74) is 11.1. The van der Waals surface area contributed by atoms with E-state index in [2.05, 4.69) is 29.4 Å². The number of anilines is 2. The standard InChI is InChI=1S/C22H28N6O2/c1-11-19-17(9-22(2,3)10-18(19)30)28(27-11)13-7-15(24-12-4-5-14(29)6-12)20-16(8-13)25-26-21(20)23/h7-8,12,14,24,29H,4-6,9-10H2,1-3H3,(H3,23,25,26). The molecule has 2 aliphatic carbocycles. The highest BCUT2D eigenvalue weighted by Crippen LogP contribution is 2.38. The maximum absolute atomic E-state index is 12.8. The van der Waals surface area contributed by atoms with Gasteiger partial charge in [0.2, 0.25) is 0 Å². The van der Waals surface area contributed by atoms with E-state index in [0.29, 0.717) is 18.7 Å². The molecule has 0 amide bonds. The Morgan fingerprint density at radius 3 is 2.83 bits per heavy atom. The number of ketones is 1. The highest BCUT2D eigenvalue weighted by molar-refractivity contribution is 6.02. The Hall–Kier alpha value is -2.87. The summed E-state index contributed by atoms with van der Waals surface area (Å²) in [5, 5.41) is 26.3. The van der Waals surface area contributed by atoms with Crippen molar-refractivity contribution < 1.29 is 9.90 Å². The van der Waals surface area contributed by atoms with Crippen LogP contribution in [0.25, 0.3) is 16.6 Å². The summed E-state index contributed by atoms with van der Waals surface area (Å²) in [4.78, 5) is 12.8. The molecule has 2 heterocycles. The first kappa shape index (κ1) is 19.1. The van der Waals surface area contributed by atoms with Crippen LogP contribution in [0.5, 0.6) is 0 Å². The molecule has 2 aliphatic rings. The van der Waals surface area contributed by atoms with E-state index in [1.807, 2.05) is 23.7 Å². The first-order chi connectivity index (χ1) is 14.2. The maximum Gasteiger partial charge on any atom is 0.167 e. The summed E-state index contributed by atoms with van der Waals surface area (Å²) < 4.78 is 1.90. The second kappa shape index (κ2) is 6.57. The lowest BCUT2D eigenvalue weighted by Gasteiger charge is -2.29. The number of Topliss-reactive ketones (excluding diaryl/α,β-unsaturated/α-hetero) is 1. The van der Waals surface area contributed by atoms with Gasteiger partial charge in [0.25, 0.3) is 0 Å². The van der Waals surface area contributed by atoms with Gasteiger partial charge in [0.05, 0.1) is 39.6 Å². The van der Waals surface area contributed by atoms with Gasteiger partial charge in [0, 0.05) is 18.2 Å². The van der Waals surface area contributed by atoms with E-state index in [-0.39, 0.29) is 23.3 Å². The number of aromatic nitrogens is 4. The van der Waals surface area contributed by atoms with E-state index in [9.17, 15) is 9.90 Å². The van der Waals surface area contributed by atoms with Crippen molar-refractivity contribution in [1.82, 2.24) is 20.0 Å². The number of aromatic amines is 1. The van der Waals surface area contributed by atoms with Gasteiger partial charge in [-0.15, -0.1) is 0 Å². The zero-order valence-corrected chi connectivity index (χ0v) is 17.6. The zero-order valence-electron chi connectivity index (χ0n) is 17.6. The Bertz CT molecular complexity index is 1160. The number of nitrogen functional groups attached to an aromatic ring is 1. The summed E-state index contributed by atoms with van der Waals surface area (Å²) in [6, 6.07) is 4.19. The van der Waals surface area contributed by atoms with Crippen molar-refractivity contribution in [3.05, 3.63) is 29.1 Å². The van der Waals surface area contributed by atoms with Gasteiger partial charge in [-0.1, -0.05) is 13.8 Å². The van der Waals surface area contributed by atoms with E-state index in [4.69, 9.17) is 10.8 Å². The number of rotatable bonds is 3. The van der Waals surface area contributed by atoms with E-state index < -0.39 is 0 Å². The van der Waals surface area contributed by atoms with Gasteiger partial charge < -0.3 is 16.2 Å². The molecule has 3 aromatic rings. The van der Waals surface area contributed by atoms with Crippen LogP contribution in [0.3, 0.4) is 0 Å². The number of hydrogen-bond donors (Lipinski definition) is 4. The number of fused-ring (bicyclic) bond motifs is 2. The highest BCUT2D eigenvalue weighted by atomic mass is 16.3. The van der Waals surface area contributed by atoms with Gasteiger partial charge in [-0.2, -0.15) is 10.2 Å². The predicted octanol–water partition coefficient (Wildman–Crippen LogP) is 3.12. The van der Waals surface area contributed by atoms with Gasteiger partial charge >= 0.3 is 0 Å². The molecule has 1 aromatic carbocycles. The molecule has 1 fully saturated rings. The second-order valence-corrected chi connectivity index (χ2v) is 9.59. The fourth-order valence-electron chi connectivity index (χ4n) is 5.07. The number of carbonyl (C=O) groups is 1. The smallest absolute Gasteiger partial charge is 0.167 e. The molecule has 5 N–H and O–H groups in total. The number of benzene rings is 1. The van der Waals surface area contributed by atoms with Crippen molar-refractivity contribution in [2.75, 3.05) is 11.1 Å². The largest absolute Gasteiger partial charge is 0.393 e. The molecule has 0 bridgehead atoms. The Balaban J connectivity index is 1.64. The van der Waals surface area contributed by atoms with Gasteiger partial charge in [0.15, 0.2) is 11.6 Å². The minimum atomic E-state index is -0.267. The number of nitrogens with zero attached hydrogens (tertiary/aromatic N) is 3. The molecule has 30 heavy (non-hydrogen) atoms. The molecule has 158 valence electrons. The molecule has 5 rings (SSSR count). The van der Waals surface area contributed by atoms with Crippen LogP contribution in [-0.2, 0) is 6.42 Å². The molecule has 0 spiro atoms. The average molecular weight is 409 g/mol. The molecular formula is C22H28N6O2. The number of hydrogen-bond acceptors (Lipinski definition) is 6. The van der Waals surface area contributed by atoms with E-state index in [0.717, 1.165) is 58.5 Å². The SMILES string of the molecule is Cc1nn(-c2cc(NC3CCC(O)C3)c3c(N)n[nH]c3c2)c2c1C(=O)CC(C)(C)C2. The van der Waals surface area contributed by atoms with Crippen LogP contribution in [0, 0.1) is 12.3 Å². The lowest BCUT2D eigenvalue weighted by atomic mass is 9.75. The minimum absolute atomic E-state index is 0.0993. The van der Waals surface area contributed by atoms with E-state index in [1.54, 1.807) is 0 Å². The number of aliphatic hydroxyl groups excluding tert-OH is 1. The van der Waals surface area contributed by atoms with Gasteiger partial charge in [-0.25, -0.2) is 4.68 Å². The van der Waals surface area contributed by atoms with Crippen molar-refractivity contribution in [2.24, 2.45) is 5.41 Å². The first-order valence-electron chi connectivity index (χ1n) is 10.6. The second-order valence-electron chi connectivity index (χ2n) is 9.59. The maximum atomic E-state index is 12.8. The van der Waals surface area contributed by atoms with E-state index in [1.165, 1.54) is 0 Å². The lowest BCUT2D eigenvalue weighted by Crippen LogP contribution is -2.28. The molecule has 0 saturated heterocycles. The van der Waals surface area contributed by atoms with Crippen LogP contribution in [0.15, 0.2) is 12.1 Å². The van der Waals surface area contributed by atoms with E-state index >= 15 is 0 Å². The molecule has 0 radical (unpaired) electrons. The van der Waals surface area contributed by atoms with Gasteiger partial charge in [0.1, 0.15) is 0 Å². The van der Waals surface area contributed by atoms with Crippen LogP contribution < -0.4 is 11.1 Å². The van der Waals surface area contributed by atoms with Crippen molar-refractivity contribution in [3.63, 3.8) is 0 Å². The normalized spacial score (nSPS) is 23.1. The number of aliphatic hydroxyl groups is 1. The summed E-state index contributed by atoms with van der Waals surface area (Å²) in [7, 11) is 0. The highest BCUT2D eigenvalue weighted by Gasteiger charge is 2.36. The molecule has 2 aromatic heterocycles. The number of carbonyl (C=O) groups excluding carboxylic acids is 1. The number of aryl methyl sites for hydroxylation is 1. The monoisotopic (exact) mass is 408 g/mol. The van der Waals surface area contributed by atoms with Crippen molar-refractivity contribution in [1.29, 1.82) is 0 Å². The number of nitrogens with two attached hydrogens (primary N) is 1. The van der Waals surface area contributed by atoms with Crippen molar-refractivity contribution in [2.45, 2.75) is 65.0 Å². The summed E-state index contributed by atoms with van der Waals surface area (Å²) in [6.45, 7) is 6.15. The fraction of sp³-hybridized carbons (Fsp3) is 0.500. The lowest BCUT2D eigenvalue weighted by molar-refractivity contribution is 0.0910. The molecule has 8 nitrogen and oxygen atoms in total. The van der Waals surface area contributed by atoms with Crippen LogP contribution >= 0.6 is 0 Å². The molecule has 2 unspecified atom stereocenters. The molecular weight excluding hydrogens is 380 g/mol. The zero-order chi connectivity index (χ0) is 21.2. The average Bonchev–Trinajstić information content (AvgIpc) is 3.32. The van der Waals surface area contributed by atoms with Gasteiger partial charge in [-0.05, 0) is 50.2 Å². The summed E-state index contributed by atoms with van der Waals surface area (Å²) >= 11 is 0. The van der Waals surface area contributed by atoms with Crippen molar-refractivity contribution >= 4 is 28.2 Å². The Labute approximate surface area is 174 Å². The number of H-pyrrole nitrogens is 1. The van der Waals surface area contributed by atoms with Crippen LogP contribution in [0.1, 0.15) is 61.3 Å². The Kier molecular flexibility index (Phi) is 4.18. The third-order valence-corrected chi connectivity index (χ3v) is 6.41. The van der Waals surface area contributed by atoms with Crippen LogP contribution in [0.2, 0.25) is 0 Å². The third kappa shape index (κ3) is 3.06. The minimum Gasteiger partial charge on any atom is -0.393 e. The third-order valence-electron chi connectivity index (χ3n) is 6.41. The first-order valence-corrected chi connectivity index (χ1v) is 10.6. The van der Waals surface area contributed by atoms with Crippen molar-refractivity contribution in [3.8, 4) is 5.69 Å². The summed E-state index contributed by atoms with van der Waals surface area (Å²) in [6.07, 6.45) is 3.47. The Morgan fingerprint density at radius 1 is 1.30 bits per heavy atom. The molecule has 0 aliphatic heterocycles. The Morgan fingerprint density at radius 2 is 2.10 bits per heavy atom. The number of nitrogens with one attached hydrogen (secondary N) is 2. The molecule has 1 saturated carbocycles.